The summed E-state index contributed by atoms with van der Waals surface area (Å²) in [6, 6.07) is 14.0. The molecule has 4 aromatic rings. The Morgan fingerprint density at radius 3 is 2.53 bits per heavy atom. The van der Waals surface area contributed by atoms with Crippen LogP contribution in [0, 0.1) is 6.92 Å². The van der Waals surface area contributed by atoms with Crippen LogP contribution in [0.25, 0.3) is 11.3 Å². The monoisotopic (exact) mass is 590 g/mol. The average molecular weight is 591 g/mol. The Kier molecular flexibility index (Phi) is 9.02. The van der Waals surface area contributed by atoms with Crippen LogP contribution in [0.3, 0.4) is 0 Å². The van der Waals surface area contributed by atoms with Gasteiger partial charge in [0, 0.05) is 62.8 Å². The van der Waals surface area contributed by atoms with Crippen molar-refractivity contribution in [2.45, 2.75) is 33.0 Å². The fourth-order valence-electron chi connectivity index (χ4n) is 4.83. The van der Waals surface area contributed by atoms with Crippen LogP contribution >= 0.6 is 0 Å². The molecule has 0 atom stereocenters. The molecule has 1 amide bonds. The van der Waals surface area contributed by atoms with Gasteiger partial charge in [-0.2, -0.15) is 13.2 Å². The number of carbonyl (C=O) groups is 1. The summed E-state index contributed by atoms with van der Waals surface area (Å²) in [6.07, 6.45) is -0.604. The first kappa shape index (κ1) is 30.1. The van der Waals surface area contributed by atoms with Crippen molar-refractivity contribution in [2.24, 2.45) is 0 Å². The van der Waals surface area contributed by atoms with Crippen molar-refractivity contribution in [3.63, 3.8) is 0 Å². The first-order chi connectivity index (χ1) is 20.6. The Morgan fingerprint density at radius 2 is 1.79 bits per heavy atom. The summed E-state index contributed by atoms with van der Waals surface area (Å²) in [7, 11) is 2.02. The summed E-state index contributed by atoms with van der Waals surface area (Å²) in [6.45, 7) is 7.37. The van der Waals surface area contributed by atoms with Crippen molar-refractivity contribution >= 4 is 11.6 Å². The number of hydrogen-bond donors (Lipinski definition) is 1. The quantitative estimate of drug-likeness (QED) is 0.261. The minimum Gasteiger partial charge on any atom is -0.438 e. The van der Waals surface area contributed by atoms with E-state index in [4.69, 9.17) is 4.74 Å². The van der Waals surface area contributed by atoms with Crippen molar-refractivity contribution in [1.29, 1.82) is 0 Å². The van der Waals surface area contributed by atoms with Crippen LogP contribution in [0.15, 0.2) is 67.0 Å². The Bertz CT molecular complexity index is 1600. The van der Waals surface area contributed by atoms with E-state index < -0.39 is 17.6 Å². The minimum absolute atomic E-state index is 0.0782. The van der Waals surface area contributed by atoms with E-state index in [2.05, 4.69) is 30.1 Å². The van der Waals surface area contributed by atoms with Crippen LogP contribution in [0.5, 0.6) is 11.6 Å². The van der Waals surface area contributed by atoms with E-state index in [1.165, 1.54) is 0 Å². The molecule has 0 unspecified atom stereocenters. The molecule has 0 aliphatic carbocycles. The Balaban J connectivity index is 1.38. The Hall–Kier alpha value is -4.35. The molecule has 224 valence electrons. The highest BCUT2D eigenvalue weighted by atomic mass is 19.4. The van der Waals surface area contributed by atoms with Gasteiger partial charge >= 0.3 is 6.18 Å². The molecular formula is C32H33F3N6O2. The Labute approximate surface area is 248 Å². The van der Waals surface area contributed by atoms with Crippen LogP contribution in [0.2, 0.25) is 0 Å². The molecule has 8 nitrogen and oxygen atoms in total. The molecule has 3 heterocycles. The van der Waals surface area contributed by atoms with Crippen molar-refractivity contribution in [3.8, 4) is 22.9 Å². The van der Waals surface area contributed by atoms with Gasteiger partial charge in [-0.1, -0.05) is 13.0 Å². The number of ether oxygens (including phenoxy) is 1. The van der Waals surface area contributed by atoms with Gasteiger partial charge in [0.15, 0.2) is 0 Å². The highest BCUT2D eigenvalue weighted by Gasteiger charge is 2.31. The van der Waals surface area contributed by atoms with Gasteiger partial charge in [-0.15, -0.1) is 0 Å². The van der Waals surface area contributed by atoms with Crippen LogP contribution in [0.1, 0.15) is 39.8 Å². The van der Waals surface area contributed by atoms with Crippen LogP contribution in [-0.4, -0.2) is 63.9 Å². The van der Waals surface area contributed by atoms with Crippen LogP contribution in [-0.2, 0) is 19.1 Å². The lowest BCUT2D eigenvalue weighted by Gasteiger charge is -2.32. The van der Waals surface area contributed by atoms with E-state index in [1.807, 2.05) is 27.0 Å². The number of amides is 1. The molecule has 0 saturated carbocycles. The molecule has 1 fully saturated rings. The first-order valence-corrected chi connectivity index (χ1v) is 14.1. The number of carbonyl (C=O) groups excluding carboxylic acids is 1. The van der Waals surface area contributed by atoms with Crippen molar-refractivity contribution in [1.82, 2.24) is 24.8 Å². The Morgan fingerprint density at radius 1 is 1.00 bits per heavy atom. The van der Waals surface area contributed by atoms with Crippen molar-refractivity contribution in [2.75, 3.05) is 38.5 Å². The molecule has 1 aliphatic rings. The zero-order valence-corrected chi connectivity index (χ0v) is 24.3. The third kappa shape index (κ3) is 7.54. The number of rotatable bonds is 8. The molecule has 0 bridgehead atoms. The molecule has 0 spiro atoms. The van der Waals surface area contributed by atoms with E-state index in [9.17, 15) is 18.0 Å². The first-order valence-electron chi connectivity index (χ1n) is 14.1. The van der Waals surface area contributed by atoms with Crippen molar-refractivity contribution in [3.05, 3.63) is 95.1 Å². The molecule has 11 heteroatoms. The molecular weight excluding hydrogens is 557 g/mol. The number of halogens is 3. The fourth-order valence-corrected chi connectivity index (χ4v) is 4.83. The predicted octanol–water partition coefficient (Wildman–Crippen LogP) is 6.22. The van der Waals surface area contributed by atoms with E-state index in [0.717, 1.165) is 43.9 Å². The summed E-state index contributed by atoms with van der Waals surface area (Å²) in [5, 5.41) is 2.66. The van der Waals surface area contributed by atoms with E-state index in [-0.39, 0.29) is 11.3 Å². The maximum absolute atomic E-state index is 13.8. The topological polar surface area (TPSA) is 83.5 Å². The number of pyridine rings is 1. The van der Waals surface area contributed by atoms with Crippen LogP contribution in [0.4, 0.5) is 18.9 Å². The fraction of sp³-hybridized carbons (Fsp3) is 0.312. The second-order valence-electron chi connectivity index (χ2n) is 10.6. The number of nitrogens with zero attached hydrogens (tertiary/aromatic N) is 5. The number of hydrogen-bond acceptors (Lipinski definition) is 7. The minimum atomic E-state index is -4.55. The lowest BCUT2D eigenvalue weighted by atomic mass is 10.1. The molecule has 2 aromatic heterocycles. The van der Waals surface area contributed by atoms with Gasteiger partial charge in [-0.3, -0.25) is 9.69 Å². The zero-order valence-electron chi connectivity index (χ0n) is 24.3. The summed E-state index contributed by atoms with van der Waals surface area (Å²) in [5.74, 6) is 0.815. The second kappa shape index (κ2) is 12.9. The number of nitrogens with one attached hydrogen (secondary N) is 1. The lowest BCUT2D eigenvalue weighted by molar-refractivity contribution is -0.137. The predicted molar refractivity (Wildman–Crippen MR) is 158 cm³/mol. The third-order valence-electron chi connectivity index (χ3n) is 7.31. The number of likely N-dealkylation sites (N-methyl/N-ethyl adjacent to an activating group) is 1. The SMILES string of the molecule is CCc1nccc(-c2cccnc2Oc2cc(C(=O)Nc3cc(CN4CCN(C)CC4)cc(C(F)(F)F)c3)ccc2C)n1. The van der Waals surface area contributed by atoms with E-state index >= 15 is 0 Å². The van der Waals surface area contributed by atoms with Gasteiger partial charge in [-0.25, -0.2) is 15.0 Å². The second-order valence-corrected chi connectivity index (χ2v) is 10.6. The van der Waals surface area contributed by atoms with Gasteiger partial charge in [0.2, 0.25) is 5.88 Å². The van der Waals surface area contributed by atoms with Crippen LogP contribution < -0.4 is 10.1 Å². The standard InChI is InChI=1S/C32H33F3N6O2/c1-4-29-36-11-9-27(39-29)26-6-5-10-37-31(26)43-28-18-23(8-7-21(28)2)30(42)38-25-17-22(16-24(19-25)32(33,34)35)20-41-14-12-40(3)13-15-41/h5-11,16-19H,4,12-15,20H2,1-3H3,(H,38,42). The molecule has 5 rings (SSSR count). The number of aryl methyl sites for hydroxylation is 2. The third-order valence-corrected chi connectivity index (χ3v) is 7.31. The van der Waals surface area contributed by atoms with Gasteiger partial charge in [0.1, 0.15) is 11.6 Å². The molecule has 1 aliphatic heterocycles. The number of benzene rings is 2. The smallest absolute Gasteiger partial charge is 0.416 e. The highest BCUT2D eigenvalue weighted by molar-refractivity contribution is 6.04. The number of alkyl halides is 3. The molecule has 2 aromatic carbocycles. The maximum atomic E-state index is 13.8. The average Bonchev–Trinajstić information content (AvgIpc) is 2.99. The lowest BCUT2D eigenvalue weighted by Crippen LogP contribution is -2.43. The van der Waals surface area contributed by atoms with Gasteiger partial charge in [0.05, 0.1) is 16.8 Å². The van der Waals surface area contributed by atoms with Crippen molar-refractivity contribution < 1.29 is 22.7 Å². The largest absolute Gasteiger partial charge is 0.438 e. The van der Waals surface area contributed by atoms with Gasteiger partial charge < -0.3 is 15.0 Å². The number of piperazine rings is 1. The summed E-state index contributed by atoms with van der Waals surface area (Å²) < 4.78 is 47.5. The normalized spacial score (nSPS) is 14.5. The maximum Gasteiger partial charge on any atom is 0.416 e. The molecule has 43 heavy (non-hydrogen) atoms. The number of aromatic nitrogens is 3. The van der Waals surface area contributed by atoms with E-state index in [1.54, 1.807) is 48.8 Å². The molecule has 0 radical (unpaired) electrons. The summed E-state index contributed by atoms with van der Waals surface area (Å²) >= 11 is 0. The summed E-state index contributed by atoms with van der Waals surface area (Å²) in [5.41, 5.74) is 2.05. The zero-order chi connectivity index (χ0) is 30.6. The van der Waals surface area contributed by atoms with Gasteiger partial charge in [-0.05, 0) is 73.6 Å². The summed E-state index contributed by atoms with van der Waals surface area (Å²) in [4.78, 5) is 30.8. The van der Waals surface area contributed by atoms with Gasteiger partial charge in [0.25, 0.3) is 5.91 Å². The molecule has 1 saturated heterocycles. The van der Waals surface area contributed by atoms with E-state index in [0.29, 0.717) is 47.2 Å². The molecule has 1 N–H and O–H groups in total. The highest BCUT2D eigenvalue weighted by Crippen LogP contribution is 2.34. The number of anilines is 1.